The molecule has 3 heterocycles. The third kappa shape index (κ3) is 3.51. The SMILES string of the molecule is COc1cccc(CN2CCc3cnc(-c4ccncc4)nc3C2)c1. The Kier molecular flexibility index (Phi) is 4.39. The summed E-state index contributed by atoms with van der Waals surface area (Å²) in [5, 5.41) is 0. The van der Waals surface area contributed by atoms with E-state index in [0.29, 0.717) is 0 Å². The van der Waals surface area contributed by atoms with Gasteiger partial charge >= 0.3 is 0 Å². The molecule has 0 aliphatic carbocycles. The van der Waals surface area contributed by atoms with E-state index in [1.54, 1.807) is 19.5 Å². The van der Waals surface area contributed by atoms with E-state index < -0.39 is 0 Å². The second-order valence-corrected chi connectivity index (χ2v) is 6.21. The van der Waals surface area contributed by atoms with Gasteiger partial charge in [0, 0.05) is 43.8 Å². The van der Waals surface area contributed by atoms with Crippen molar-refractivity contribution in [3.05, 3.63) is 71.8 Å². The zero-order valence-electron chi connectivity index (χ0n) is 14.2. The smallest absolute Gasteiger partial charge is 0.159 e. The van der Waals surface area contributed by atoms with Gasteiger partial charge in [-0.3, -0.25) is 9.88 Å². The maximum atomic E-state index is 5.32. The summed E-state index contributed by atoms with van der Waals surface area (Å²) in [6, 6.07) is 12.1. The number of pyridine rings is 1. The fourth-order valence-corrected chi connectivity index (χ4v) is 3.16. The average molecular weight is 332 g/mol. The van der Waals surface area contributed by atoms with Crippen LogP contribution in [0.15, 0.2) is 55.0 Å². The molecule has 1 aliphatic heterocycles. The fraction of sp³-hybridized carbons (Fsp3) is 0.250. The van der Waals surface area contributed by atoms with Crippen LogP contribution >= 0.6 is 0 Å². The van der Waals surface area contributed by atoms with E-state index in [1.165, 1.54) is 11.1 Å². The van der Waals surface area contributed by atoms with E-state index in [1.807, 2.05) is 30.5 Å². The lowest BCUT2D eigenvalue weighted by atomic mass is 10.1. The van der Waals surface area contributed by atoms with Gasteiger partial charge in [0.25, 0.3) is 0 Å². The molecule has 3 aromatic rings. The molecule has 1 aliphatic rings. The van der Waals surface area contributed by atoms with Gasteiger partial charge in [-0.05, 0) is 41.8 Å². The summed E-state index contributed by atoms with van der Waals surface area (Å²) in [7, 11) is 1.70. The Balaban J connectivity index is 1.53. The Bertz CT molecular complexity index is 867. The van der Waals surface area contributed by atoms with Gasteiger partial charge in [-0.1, -0.05) is 12.1 Å². The Morgan fingerprint density at radius 1 is 1.16 bits per heavy atom. The Morgan fingerprint density at radius 2 is 2.04 bits per heavy atom. The highest BCUT2D eigenvalue weighted by Crippen LogP contribution is 2.22. The first-order valence-corrected chi connectivity index (χ1v) is 8.42. The first kappa shape index (κ1) is 15.7. The molecular formula is C20H20N4O. The summed E-state index contributed by atoms with van der Waals surface area (Å²) in [4.78, 5) is 15.8. The number of nitrogens with zero attached hydrogens (tertiary/aromatic N) is 4. The third-order valence-corrected chi connectivity index (χ3v) is 4.50. The molecule has 0 N–H and O–H groups in total. The first-order valence-electron chi connectivity index (χ1n) is 8.42. The van der Waals surface area contributed by atoms with Gasteiger partial charge in [0.2, 0.25) is 0 Å². The second-order valence-electron chi connectivity index (χ2n) is 6.21. The van der Waals surface area contributed by atoms with Crippen LogP contribution < -0.4 is 4.74 Å². The summed E-state index contributed by atoms with van der Waals surface area (Å²) in [6.45, 7) is 2.75. The monoisotopic (exact) mass is 332 g/mol. The number of ether oxygens (including phenoxy) is 1. The Hall–Kier alpha value is -2.79. The van der Waals surface area contributed by atoms with Crippen LogP contribution in [0.1, 0.15) is 16.8 Å². The molecule has 0 atom stereocenters. The van der Waals surface area contributed by atoms with Gasteiger partial charge in [-0.25, -0.2) is 9.97 Å². The molecule has 0 unspecified atom stereocenters. The highest BCUT2D eigenvalue weighted by atomic mass is 16.5. The van der Waals surface area contributed by atoms with Crippen LogP contribution in [-0.4, -0.2) is 33.5 Å². The summed E-state index contributed by atoms with van der Waals surface area (Å²) in [6.07, 6.45) is 6.50. The molecule has 4 rings (SSSR count). The molecule has 0 amide bonds. The van der Waals surface area contributed by atoms with Crippen molar-refractivity contribution in [3.63, 3.8) is 0 Å². The summed E-state index contributed by atoms with van der Waals surface area (Å²) in [5.74, 6) is 1.67. The first-order chi connectivity index (χ1) is 12.3. The average Bonchev–Trinajstić information content (AvgIpc) is 2.68. The number of methoxy groups -OCH3 is 1. The van der Waals surface area contributed by atoms with Crippen molar-refractivity contribution >= 4 is 0 Å². The highest BCUT2D eigenvalue weighted by molar-refractivity contribution is 5.54. The van der Waals surface area contributed by atoms with Crippen molar-refractivity contribution in [3.8, 4) is 17.1 Å². The minimum Gasteiger partial charge on any atom is -0.497 e. The van der Waals surface area contributed by atoms with Crippen molar-refractivity contribution in [2.75, 3.05) is 13.7 Å². The van der Waals surface area contributed by atoms with E-state index in [2.05, 4.69) is 27.0 Å². The maximum absolute atomic E-state index is 5.32. The van der Waals surface area contributed by atoms with Gasteiger partial charge < -0.3 is 4.74 Å². The largest absolute Gasteiger partial charge is 0.497 e. The number of hydrogen-bond acceptors (Lipinski definition) is 5. The number of hydrogen-bond donors (Lipinski definition) is 0. The number of aromatic nitrogens is 3. The van der Waals surface area contributed by atoms with E-state index in [-0.39, 0.29) is 0 Å². The molecule has 5 heteroatoms. The minimum absolute atomic E-state index is 0.768. The zero-order chi connectivity index (χ0) is 17.1. The van der Waals surface area contributed by atoms with Crippen molar-refractivity contribution in [2.45, 2.75) is 19.5 Å². The molecule has 0 bridgehead atoms. The number of fused-ring (bicyclic) bond motifs is 1. The molecule has 126 valence electrons. The molecule has 0 saturated carbocycles. The molecule has 0 saturated heterocycles. The van der Waals surface area contributed by atoms with Gasteiger partial charge in [0.1, 0.15) is 5.75 Å². The van der Waals surface area contributed by atoms with E-state index in [9.17, 15) is 0 Å². The normalized spacial score (nSPS) is 14.1. The summed E-state index contributed by atoms with van der Waals surface area (Å²) in [5.41, 5.74) is 4.63. The predicted molar refractivity (Wildman–Crippen MR) is 96.1 cm³/mol. The Morgan fingerprint density at radius 3 is 2.88 bits per heavy atom. The zero-order valence-corrected chi connectivity index (χ0v) is 14.2. The van der Waals surface area contributed by atoms with Crippen LogP contribution in [0.4, 0.5) is 0 Å². The van der Waals surface area contributed by atoms with Gasteiger partial charge in [0.15, 0.2) is 5.82 Å². The van der Waals surface area contributed by atoms with Crippen LogP contribution in [0.25, 0.3) is 11.4 Å². The molecule has 0 fully saturated rings. The van der Waals surface area contributed by atoms with E-state index in [4.69, 9.17) is 9.72 Å². The maximum Gasteiger partial charge on any atom is 0.159 e. The van der Waals surface area contributed by atoms with Crippen LogP contribution in [-0.2, 0) is 19.5 Å². The molecule has 2 aromatic heterocycles. The lowest BCUT2D eigenvalue weighted by molar-refractivity contribution is 0.241. The van der Waals surface area contributed by atoms with Crippen molar-refractivity contribution in [1.29, 1.82) is 0 Å². The van der Waals surface area contributed by atoms with Crippen LogP contribution in [0.5, 0.6) is 5.75 Å². The quantitative estimate of drug-likeness (QED) is 0.735. The number of benzene rings is 1. The van der Waals surface area contributed by atoms with Crippen molar-refractivity contribution < 1.29 is 4.74 Å². The lowest BCUT2D eigenvalue weighted by Gasteiger charge is -2.28. The molecule has 0 radical (unpaired) electrons. The molecule has 5 nitrogen and oxygen atoms in total. The van der Waals surface area contributed by atoms with E-state index in [0.717, 1.165) is 48.9 Å². The Labute approximate surface area is 147 Å². The topological polar surface area (TPSA) is 51.1 Å². The second kappa shape index (κ2) is 6.99. The van der Waals surface area contributed by atoms with Gasteiger partial charge in [-0.2, -0.15) is 0 Å². The fourth-order valence-electron chi connectivity index (χ4n) is 3.16. The highest BCUT2D eigenvalue weighted by Gasteiger charge is 2.19. The van der Waals surface area contributed by atoms with Crippen LogP contribution in [0.3, 0.4) is 0 Å². The molecular weight excluding hydrogens is 312 g/mol. The lowest BCUT2D eigenvalue weighted by Crippen LogP contribution is -2.31. The van der Waals surface area contributed by atoms with Crippen LogP contribution in [0.2, 0.25) is 0 Å². The van der Waals surface area contributed by atoms with Crippen LogP contribution in [0, 0.1) is 0 Å². The van der Waals surface area contributed by atoms with E-state index >= 15 is 0 Å². The van der Waals surface area contributed by atoms with Crippen molar-refractivity contribution in [1.82, 2.24) is 19.9 Å². The van der Waals surface area contributed by atoms with Gasteiger partial charge in [0.05, 0.1) is 12.8 Å². The number of rotatable bonds is 4. The summed E-state index contributed by atoms with van der Waals surface area (Å²) < 4.78 is 5.32. The molecule has 25 heavy (non-hydrogen) atoms. The minimum atomic E-state index is 0.768. The molecule has 1 aromatic carbocycles. The predicted octanol–water partition coefficient (Wildman–Crippen LogP) is 3.11. The van der Waals surface area contributed by atoms with Gasteiger partial charge in [-0.15, -0.1) is 0 Å². The third-order valence-electron chi connectivity index (χ3n) is 4.50. The summed E-state index contributed by atoms with van der Waals surface area (Å²) >= 11 is 0. The molecule has 0 spiro atoms. The standard InChI is InChI=1S/C20H20N4O/c1-25-18-4-2-3-15(11-18)13-24-10-7-17-12-22-20(23-19(17)14-24)16-5-8-21-9-6-16/h2-6,8-9,11-12H,7,10,13-14H2,1H3. The van der Waals surface area contributed by atoms with Crippen molar-refractivity contribution in [2.24, 2.45) is 0 Å².